The third kappa shape index (κ3) is 43.7. The Labute approximate surface area is 377 Å². The average molecular weight is 852 g/mol. The molecule has 0 saturated carbocycles. The molecular formula is C55H97NO5. The molecule has 0 fully saturated rings. The van der Waals surface area contributed by atoms with Gasteiger partial charge in [-0.25, -0.2) is 0 Å². The van der Waals surface area contributed by atoms with Gasteiger partial charge in [0.05, 0.1) is 25.2 Å². The molecule has 0 aliphatic carbocycles. The van der Waals surface area contributed by atoms with Crippen molar-refractivity contribution < 1.29 is 24.5 Å². The second-order valence-corrected chi connectivity index (χ2v) is 17.2. The maximum absolute atomic E-state index is 13.1. The fourth-order valence-corrected chi connectivity index (χ4v) is 7.39. The Morgan fingerprint density at radius 1 is 0.508 bits per heavy atom. The smallest absolute Gasteiger partial charge is 0.306 e. The molecule has 0 rings (SSSR count). The number of nitrogens with one attached hydrogen (secondary N) is 1. The quantitative estimate of drug-likeness (QED) is 0.0322. The fourth-order valence-electron chi connectivity index (χ4n) is 7.39. The number of amides is 1. The zero-order valence-electron chi connectivity index (χ0n) is 40.0. The molecule has 0 heterocycles. The van der Waals surface area contributed by atoms with Gasteiger partial charge in [0.15, 0.2) is 0 Å². The van der Waals surface area contributed by atoms with Crippen LogP contribution < -0.4 is 5.32 Å². The van der Waals surface area contributed by atoms with Crippen molar-refractivity contribution in [1.82, 2.24) is 5.32 Å². The lowest BCUT2D eigenvalue weighted by Crippen LogP contribution is -2.46. The van der Waals surface area contributed by atoms with E-state index in [0.717, 1.165) is 77.0 Å². The van der Waals surface area contributed by atoms with Crippen LogP contribution in [0, 0.1) is 0 Å². The highest BCUT2D eigenvalue weighted by Crippen LogP contribution is 2.15. The lowest BCUT2D eigenvalue weighted by molar-refractivity contribution is -0.148. The molecule has 3 atom stereocenters. The van der Waals surface area contributed by atoms with Crippen LogP contribution in [0.1, 0.15) is 239 Å². The van der Waals surface area contributed by atoms with Crippen molar-refractivity contribution in [3.8, 4) is 0 Å². The molecule has 0 radical (unpaired) electrons. The normalized spacial score (nSPS) is 13.9. The molecule has 61 heavy (non-hydrogen) atoms. The van der Waals surface area contributed by atoms with Gasteiger partial charge in [0.1, 0.15) is 6.10 Å². The lowest BCUT2D eigenvalue weighted by Gasteiger charge is -2.23. The Hall–Kier alpha value is -2.70. The van der Waals surface area contributed by atoms with E-state index >= 15 is 0 Å². The van der Waals surface area contributed by atoms with Crippen LogP contribution >= 0.6 is 0 Å². The highest BCUT2D eigenvalue weighted by Gasteiger charge is 2.23. The van der Waals surface area contributed by atoms with Gasteiger partial charge in [0, 0.05) is 6.42 Å². The number of hydrogen-bond donors (Lipinski definition) is 3. The molecule has 3 unspecified atom stereocenters. The minimum absolute atomic E-state index is 0.0510. The van der Waals surface area contributed by atoms with E-state index in [1.54, 1.807) is 6.08 Å². The average Bonchev–Trinajstić information content (AvgIpc) is 3.25. The summed E-state index contributed by atoms with van der Waals surface area (Å²) in [6.45, 7) is 6.32. The predicted octanol–water partition coefficient (Wildman–Crippen LogP) is 15.4. The highest BCUT2D eigenvalue weighted by atomic mass is 16.5. The first kappa shape index (κ1) is 58.3. The highest BCUT2D eigenvalue weighted by molar-refractivity contribution is 5.78. The number of allylic oxidation sites excluding steroid dienone is 11. The van der Waals surface area contributed by atoms with Gasteiger partial charge in [-0.15, -0.1) is 0 Å². The molecule has 0 spiro atoms. The van der Waals surface area contributed by atoms with E-state index in [9.17, 15) is 19.8 Å². The van der Waals surface area contributed by atoms with Crippen LogP contribution in [0.3, 0.4) is 0 Å². The molecule has 352 valence electrons. The maximum Gasteiger partial charge on any atom is 0.306 e. The van der Waals surface area contributed by atoms with Gasteiger partial charge in [-0.05, 0) is 76.7 Å². The fraction of sp³-hybridized carbons (Fsp3) is 0.745. The van der Waals surface area contributed by atoms with Crippen molar-refractivity contribution in [1.29, 1.82) is 0 Å². The van der Waals surface area contributed by atoms with Gasteiger partial charge in [0.2, 0.25) is 5.91 Å². The van der Waals surface area contributed by atoms with Crippen LogP contribution in [0.15, 0.2) is 72.9 Å². The molecule has 0 aliphatic rings. The molecule has 6 heteroatoms. The van der Waals surface area contributed by atoms with E-state index in [4.69, 9.17) is 4.74 Å². The molecule has 0 aromatic carbocycles. The molecule has 0 saturated heterocycles. The third-order valence-corrected chi connectivity index (χ3v) is 11.3. The second-order valence-electron chi connectivity index (χ2n) is 17.2. The molecular weight excluding hydrogens is 755 g/mol. The van der Waals surface area contributed by atoms with Gasteiger partial charge in [-0.1, -0.05) is 222 Å². The number of aliphatic hydroxyl groups excluding tert-OH is 2. The summed E-state index contributed by atoms with van der Waals surface area (Å²) in [5.41, 5.74) is 0. The van der Waals surface area contributed by atoms with Crippen LogP contribution in [-0.4, -0.2) is 46.9 Å². The molecule has 0 aromatic rings. The monoisotopic (exact) mass is 852 g/mol. The summed E-state index contributed by atoms with van der Waals surface area (Å²) in [6.07, 6.45) is 61.4. The molecule has 6 nitrogen and oxygen atoms in total. The standard InChI is InChI=1S/C55H97NO5/c1-4-7-10-13-16-19-22-24-26-27-28-29-31-33-36-39-42-45-48-55(60)61-51(46-43-40-37-34-32-30-25-23-20-17-14-11-8-5-2)49-54(59)56-52(50-57)53(58)47-44-41-38-35-21-18-15-12-9-6-3/h8,11,17,20,25,28-30,34,37,43,46,51-53,57-58H,4-7,9-10,12-16,18-19,21-24,26-27,31-33,35-36,38-42,44-45,47-50H2,1-3H3,(H,56,59)/b11-8+,20-17+,29-28+,30-25+,37-34+,46-43+. The second kappa shape index (κ2) is 48.3. The number of carbonyl (C=O) groups is 2. The first-order valence-electron chi connectivity index (χ1n) is 25.7. The first-order valence-corrected chi connectivity index (χ1v) is 25.7. The predicted molar refractivity (Wildman–Crippen MR) is 264 cm³/mol. The van der Waals surface area contributed by atoms with Crippen molar-refractivity contribution in [3.63, 3.8) is 0 Å². The number of aliphatic hydroxyl groups is 2. The Bertz CT molecular complexity index is 1140. The van der Waals surface area contributed by atoms with Crippen LogP contribution in [0.4, 0.5) is 0 Å². The Balaban J connectivity index is 4.70. The zero-order chi connectivity index (χ0) is 44.5. The van der Waals surface area contributed by atoms with Gasteiger partial charge in [-0.3, -0.25) is 9.59 Å². The van der Waals surface area contributed by atoms with E-state index in [1.165, 1.54) is 116 Å². The summed E-state index contributed by atoms with van der Waals surface area (Å²) < 4.78 is 5.82. The van der Waals surface area contributed by atoms with Crippen molar-refractivity contribution in [2.45, 2.75) is 257 Å². The van der Waals surface area contributed by atoms with E-state index in [0.29, 0.717) is 19.3 Å². The largest absolute Gasteiger partial charge is 0.458 e. The zero-order valence-corrected chi connectivity index (χ0v) is 40.0. The summed E-state index contributed by atoms with van der Waals surface area (Å²) in [5, 5.41) is 23.6. The van der Waals surface area contributed by atoms with E-state index in [1.807, 2.05) is 6.08 Å². The van der Waals surface area contributed by atoms with Crippen LogP contribution in [0.5, 0.6) is 0 Å². The van der Waals surface area contributed by atoms with Crippen LogP contribution in [0.25, 0.3) is 0 Å². The van der Waals surface area contributed by atoms with E-state index in [2.05, 4.69) is 86.8 Å². The molecule has 3 N–H and O–H groups in total. The van der Waals surface area contributed by atoms with Crippen molar-refractivity contribution in [3.05, 3.63) is 72.9 Å². The maximum atomic E-state index is 13.1. The SMILES string of the molecule is CC/C=C/C/C=C/C/C=C/C/C=C/C/C=C/C(CC(=O)NC(CO)C(O)CCCCCCCCCCCC)OC(=O)CCCCCCC/C=C/CCCCCCCCCCC. The molecule has 0 aromatic heterocycles. The Morgan fingerprint density at radius 2 is 0.918 bits per heavy atom. The van der Waals surface area contributed by atoms with Crippen LogP contribution in [0.2, 0.25) is 0 Å². The summed E-state index contributed by atoms with van der Waals surface area (Å²) in [7, 11) is 0. The third-order valence-electron chi connectivity index (χ3n) is 11.3. The number of unbranched alkanes of at least 4 members (excludes halogenated alkanes) is 23. The summed E-state index contributed by atoms with van der Waals surface area (Å²) in [6, 6.07) is -0.744. The number of ether oxygens (including phenoxy) is 1. The van der Waals surface area contributed by atoms with Gasteiger partial charge >= 0.3 is 5.97 Å². The molecule has 1 amide bonds. The van der Waals surface area contributed by atoms with Crippen LogP contribution in [-0.2, 0) is 14.3 Å². The van der Waals surface area contributed by atoms with Gasteiger partial charge < -0.3 is 20.3 Å². The summed E-state index contributed by atoms with van der Waals surface area (Å²) in [5.74, 6) is -0.639. The number of esters is 1. The number of rotatable bonds is 45. The van der Waals surface area contributed by atoms with Gasteiger partial charge in [-0.2, -0.15) is 0 Å². The van der Waals surface area contributed by atoms with E-state index in [-0.39, 0.29) is 24.9 Å². The van der Waals surface area contributed by atoms with Crippen molar-refractivity contribution in [2.24, 2.45) is 0 Å². The first-order chi connectivity index (χ1) is 30.0. The van der Waals surface area contributed by atoms with Gasteiger partial charge in [0.25, 0.3) is 0 Å². The Kier molecular flexibility index (Phi) is 46.2. The minimum Gasteiger partial charge on any atom is -0.458 e. The minimum atomic E-state index is -0.821. The molecule has 0 aliphatic heterocycles. The number of carbonyl (C=O) groups excluding carboxylic acids is 2. The topological polar surface area (TPSA) is 95.9 Å². The summed E-state index contributed by atoms with van der Waals surface area (Å²) in [4.78, 5) is 26.0. The number of hydrogen-bond acceptors (Lipinski definition) is 5. The molecule has 0 bridgehead atoms. The summed E-state index contributed by atoms with van der Waals surface area (Å²) >= 11 is 0. The van der Waals surface area contributed by atoms with Crippen molar-refractivity contribution in [2.75, 3.05) is 6.61 Å². The Morgan fingerprint density at radius 3 is 1.38 bits per heavy atom. The van der Waals surface area contributed by atoms with Crippen molar-refractivity contribution >= 4 is 11.9 Å². The van der Waals surface area contributed by atoms with E-state index < -0.39 is 18.2 Å². The lowest BCUT2D eigenvalue weighted by atomic mass is 10.0.